The molecule has 0 aliphatic rings. The molecule has 0 spiro atoms. The first-order valence-electron chi connectivity index (χ1n) is 6.60. The van der Waals surface area contributed by atoms with Gasteiger partial charge in [-0.15, -0.1) is 0 Å². The maximum atomic E-state index is 12.2. The number of carbonyl (C=O) groups excluding carboxylic acids is 1. The third-order valence-corrected chi connectivity index (χ3v) is 3.37. The van der Waals surface area contributed by atoms with Crippen molar-refractivity contribution < 1.29 is 4.79 Å². The lowest BCUT2D eigenvalue weighted by molar-refractivity contribution is -0.120. The van der Waals surface area contributed by atoms with E-state index in [1.165, 1.54) is 11.1 Å². The van der Waals surface area contributed by atoms with Crippen molar-refractivity contribution in [3.63, 3.8) is 0 Å². The fourth-order valence-electron chi connectivity index (χ4n) is 2.37. The number of nitrogens with two attached hydrogens (primary N) is 1. The van der Waals surface area contributed by atoms with E-state index in [1.54, 1.807) is 0 Å². The molecule has 0 saturated heterocycles. The maximum absolute atomic E-state index is 12.2. The minimum atomic E-state index is -0.0708. The van der Waals surface area contributed by atoms with Gasteiger partial charge < -0.3 is 11.1 Å². The number of hydrogen-bond acceptors (Lipinski definition) is 2. The summed E-state index contributed by atoms with van der Waals surface area (Å²) in [6.45, 7) is 6.63. The molecular weight excluding hydrogens is 238 g/mol. The third kappa shape index (κ3) is 4.39. The average molecular weight is 261 g/mol. The smallest absolute Gasteiger partial charge is 0.185 e. The Kier molecular flexibility index (Phi) is 5.55. The van der Waals surface area contributed by atoms with Gasteiger partial charge in [-0.3, -0.25) is 10.2 Å². The number of benzene rings is 1. The zero-order chi connectivity index (χ0) is 14.4. The highest BCUT2D eigenvalue weighted by Gasteiger charge is 2.18. The van der Waals surface area contributed by atoms with Gasteiger partial charge in [-0.2, -0.15) is 0 Å². The minimum Gasteiger partial charge on any atom is -0.370 e. The van der Waals surface area contributed by atoms with Gasteiger partial charge in [-0.1, -0.05) is 25.1 Å². The standard InChI is InChI=1S/C15H23N3O/c1-10-6-4-7-11(2)14(10)12(3)13(19)8-5-9-18-15(16)17/h4,6-7,12H,5,8-9H2,1-3H3,(H4,16,17,18). The lowest BCUT2D eigenvalue weighted by Crippen LogP contribution is -2.31. The van der Waals surface area contributed by atoms with Crippen molar-refractivity contribution in [3.8, 4) is 0 Å². The Morgan fingerprint density at radius 3 is 2.47 bits per heavy atom. The normalized spacial score (nSPS) is 11.9. The number of hydrogen-bond donors (Lipinski definition) is 3. The molecule has 0 amide bonds. The second kappa shape index (κ2) is 6.92. The highest BCUT2D eigenvalue weighted by molar-refractivity contribution is 5.86. The molecule has 0 heterocycles. The first kappa shape index (κ1) is 15.2. The lowest BCUT2D eigenvalue weighted by atomic mass is 9.88. The van der Waals surface area contributed by atoms with Crippen LogP contribution < -0.4 is 11.1 Å². The van der Waals surface area contributed by atoms with E-state index in [0.717, 1.165) is 5.56 Å². The Morgan fingerprint density at radius 2 is 1.95 bits per heavy atom. The number of carbonyl (C=O) groups is 1. The second-order valence-electron chi connectivity index (χ2n) is 4.94. The largest absolute Gasteiger partial charge is 0.370 e. The second-order valence-corrected chi connectivity index (χ2v) is 4.94. The Hall–Kier alpha value is -1.84. The summed E-state index contributed by atoms with van der Waals surface area (Å²) in [6.07, 6.45) is 1.21. The summed E-state index contributed by atoms with van der Waals surface area (Å²) >= 11 is 0. The topological polar surface area (TPSA) is 79.0 Å². The fourth-order valence-corrected chi connectivity index (χ4v) is 2.37. The molecular formula is C15H23N3O. The third-order valence-electron chi connectivity index (χ3n) is 3.37. The van der Waals surface area contributed by atoms with E-state index in [-0.39, 0.29) is 17.7 Å². The molecule has 4 N–H and O–H groups in total. The predicted molar refractivity (Wildman–Crippen MR) is 78.5 cm³/mol. The highest BCUT2D eigenvalue weighted by atomic mass is 16.1. The van der Waals surface area contributed by atoms with Crippen LogP contribution in [-0.4, -0.2) is 18.3 Å². The molecule has 0 saturated carbocycles. The van der Waals surface area contributed by atoms with Crippen molar-refractivity contribution in [1.82, 2.24) is 5.32 Å². The zero-order valence-corrected chi connectivity index (χ0v) is 11.9. The van der Waals surface area contributed by atoms with Crippen molar-refractivity contribution >= 4 is 11.7 Å². The van der Waals surface area contributed by atoms with Crippen LogP contribution in [0.5, 0.6) is 0 Å². The van der Waals surface area contributed by atoms with E-state index in [9.17, 15) is 4.79 Å². The molecule has 19 heavy (non-hydrogen) atoms. The van der Waals surface area contributed by atoms with Crippen LogP contribution in [0.25, 0.3) is 0 Å². The van der Waals surface area contributed by atoms with Crippen LogP contribution in [0.2, 0.25) is 0 Å². The molecule has 0 aliphatic heterocycles. The van der Waals surface area contributed by atoms with Gasteiger partial charge in [-0.05, 0) is 37.0 Å². The summed E-state index contributed by atoms with van der Waals surface area (Å²) in [5.41, 5.74) is 8.67. The summed E-state index contributed by atoms with van der Waals surface area (Å²) in [6, 6.07) is 6.11. The number of guanidine groups is 1. The zero-order valence-electron chi connectivity index (χ0n) is 11.9. The van der Waals surface area contributed by atoms with Crippen LogP contribution >= 0.6 is 0 Å². The molecule has 4 nitrogen and oxygen atoms in total. The van der Waals surface area contributed by atoms with E-state index in [1.807, 2.05) is 39.0 Å². The molecule has 1 unspecified atom stereocenters. The minimum absolute atomic E-state index is 0.0461. The Labute approximate surface area is 114 Å². The average Bonchev–Trinajstić information content (AvgIpc) is 2.33. The molecule has 0 fully saturated rings. The van der Waals surface area contributed by atoms with Gasteiger partial charge in [-0.25, -0.2) is 0 Å². The molecule has 1 atom stereocenters. The quantitative estimate of drug-likeness (QED) is 0.417. The van der Waals surface area contributed by atoms with Crippen molar-refractivity contribution in [3.05, 3.63) is 34.9 Å². The molecule has 0 aliphatic carbocycles. The summed E-state index contributed by atoms with van der Waals surface area (Å²) in [5, 5.41) is 9.75. The van der Waals surface area contributed by atoms with Crippen LogP contribution in [0.1, 0.15) is 42.4 Å². The maximum Gasteiger partial charge on any atom is 0.185 e. The number of rotatable bonds is 6. The molecule has 1 aromatic rings. The first-order chi connectivity index (χ1) is 8.93. The number of ketones is 1. The summed E-state index contributed by atoms with van der Waals surface area (Å²) in [7, 11) is 0. The number of Topliss-reactive ketones (excluding diaryl/α,β-unsaturated/α-hetero) is 1. The van der Waals surface area contributed by atoms with Crippen LogP contribution in [0.4, 0.5) is 0 Å². The van der Waals surface area contributed by atoms with E-state index in [0.29, 0.717) is 19.4 Å². The number of aryl methyl sites for hydroxylation is 2. The molecule has 0 bridgehead atoms. The molecule has 1 aromatic carbocycles. The van der Waals surface area contributed by atoms with E-state index >= 15 is 0 Å². The molecule has 1 rings (SSSR count). The van der Waals surface area contributed by atoms with Crippen LogP contribution in [0, 0.1) is 19.3 Å². The van der Waals surface area contributed by atoms with Crippen LogP contribution in [0.3, 0.4) is 0 Å². The van der Waals surface area contributed by atoms with E-state index in [4.69, 9.17) is 11.1 Å². The van der Waals surface area contributed by atoms with Gasteiger partial charge in [0, 0.05) is 18.9 Å². The fraction of sp³-hybridized carbons (Fsp3) is 0.467. The van der Waals surface area contributed by atoms with Crippen molar-refractivity contribution in [2.24, 2.45) is 5.73 Å². The molecule has 0 radical (unpaired) electrons. The Bertz CT molecular complexity index is 448. The monoisotopic (exact) mass is 261 g/mol. The van der Waals surface area contributed by atoms with Crippen molar-refractivity contribution in [2.45, 2.75) is 39.5 Å². The summed E-state index contributed by atoms with van der Waals surface area (Å²) < 4.78 is 0. The van der Waals surface area contributed by atoms with Crippen molar-refractivity contribution in [1.29, 1.82) is 5.41 Å². The van der Waals surface area contributed by atoms with E-state index in [2.05, 4.69) is 5.32 Å². The Morgan fingerprint density at radius 1 is 1.37 bits per heavy atom. The van der Waals surface area contributed by atoms with Gasteiger partial charge in [0.15, 0.2) is 5.96 Å². The van der Waals surface area contributed by atoms with Gasteiger partial charge in [0.1, 0.15) is 5.78 Å². The van der Waals surface area contributed by atoms with E-state index < -0.39 is 0 Å². The first-order valence-corrected chi connectivity index (χ1v) is 6.60. The Balaban J connectivity index is 2.59. The van der Waals surface area contributed by atoms with Gasteiger partial charge >= 0.3 is 0 Å². The predicted octanol–water partition coefficient (Wildman–Crippen LogP) is 2.24. The lowest BCUT2D eigenvalue weighted by Gasteiger charge is -2.16. The van der Waals surface area contributed by atoms with Gasteiger partial charge in [0.2, 0.25) is 0 Å². The summed E-state index contributed by atoms with van der Waals surface area (Å²) in [4.78, 5) is 12.2. The summed E-state index contributed by atoms with van der Waals surface area (Å²) in [5.74, 6) is 0.122. The number of nitrogens with one attached hydrogen (secondary N) is 2. The van der Waals surface area contributed by atoms with Gasteiger partial charge in [0.05, 0.1) is 0 Å². The van der Waals surface area contributed by atoms with Crippen LogP contribution in [-0.2, 0) is 4.79 Å². The highest BCUT2D eigenvalue weighted by Crippen LogP contribution is 2.25. The molecule has 104 valence electrons. The molecule has 0 aromatic heterocycles. The SMILES string of the molecule is Cc1cccc(C)c1C(C)C(=O)CCCNC(=N)N. The van der Waals surface area contributed by atoms with Gasteiger partial charge in [0.25, 0.3) is 0 Å². The van der Waals surface area contributed by atoms with Crippen molar-refractivity contribution in [2.75, 3.05) is 6.54 Å². The molecule has 4 heteroatoms. The van der Waals surface area contributed by atoms with Crippen LogP contribution in [0.15, 0.2) is 18.2 Å².